The Morgan fingerprint density at radius 2 is 1.82 bits per heavy atom. The van der Waals surface area contributed by atoms with Gasteiger partial charge in [-0.3, -0.25) is 0 Å². The van der Waals surface area contributed by atoms with Gasteiger partial charge in [-0.25, -0.2) is 23.8 Å². The number of hydrogen-bond acceptors (Lipinski definition) is 5. The number of halogens is 1. The number of carbonyl (C=O) groups excluding carboxylic acids is 1. The molecule has 1 aliphatic rings. The van der Waals surface area contributed by atoms with Gasteiger partial charge in [0.05, 0.1) is 5.69 Å². The van der Waals surface area contributed by atoms with Gasteiger partial charge in [-0.1, -0.05) is 12.1 Å². The minimum atomic E-state index is -0.447. The van der Waals surface area contributed by atoms with E-state index in [1.54, 1.807) is 34.0 Å². The van der Waals surface area contributed by atoms with Gasteiger partial charge in [0.25, 0.3) is 0 Å². The van der Waals surface area contributed by atoms with Crippen molar-refractivity contribution in [3.05, 3.63) is 60.4 Å². The van der Waals surface area contributed by atoms with Crippen LogP contribution in [0.25, 0.3) is 5.82 Å². The van der Waals surface area contributed by atoms with E-state index in [9.17, 15) is 9.18 Å². The third-order valence-corrected chi connectivity index (χ3v) is 4.56. The number of hydrogen-bond donors (Lipinski definition) is 1. The molecule has 0 atom stereocenters. The Balaban J connectivity index is 1.42. The van der Waals surface area contributed by atoms with Crippen molar-refractivity contribution in [2.75, 3.05) is 36.4 Å². The van der Waals surface area contributed by atoms with Crippen LogP contribution in [0.5, 0.6) is 0 Å². The highest BCUT2D eigenvalue weighted by Crippen LogP contribution is 2.18. The molecule has 8 nitrogen and oxygen atoms in total. The van der Waals surface area contributed by atoms with E-state index < -0.39 is 5.82 Å². The van der Waals surface area contributed by atoms with E-state index in [4.69, 9.17) is 0 Å². The van der Waals surface area contributed by atoms with E-state index in [2.05, 4.69) is 25.3 Å². The molecule has 0 spiro atoms. The fraction of sp³-hybridized carbons (Fsp3) is 0.263. The molecule has 28 heavy (non-hydrogen) atoms. The fourth-order valence-electron chi connectivity index (χ4n) is 3.12. The van der Waals surface area contributed by atoms with Gasteiger partial charge in [-0.2, -0.15) is 5.10 Å². The van der Waals surface area contributed by atoms with Gasteiger partial charge in [0.2, 0.25) is 0 Å². The van der Waals surface area contributed by atoms with Gasteiger partial charge in [-0.05, 0) is 25.1 Å². The SMILES string of the molecule is Cc1nc(N2CCN(C(=O)Nc3ccccc3F)CC2)cc(-n2cccn2)n1. The molecule has 0 bridgehead atoms. The van der Waals surface area contributed by atoms with Crippen LogP contribution in [0.15, 0.2) is 48.8 Å². The zero-order chi connectivity index (χ0) is 19.5. The second-order valence-corrected chi connectivity index (χ2v) is 6.47. The number of aryl methyl sites for hydroxylation is 1. The first-order valence-electron chi connectivity index (χ1n) is 9.01. The molecular weight excluding hydrogens is 361 g/mol. The number of para-hydroxylation sites is 1. The fourth-order valence-corrected chi connectivity index (χ4v) is 3.12. The smallest absolute Gasteiger partial charge is 0.322 e. The number of amides is 2. The summed E-state index contributed by atoms with van der Waals surface area (Å²) in [5.74, 6) is 1.71. The van der Waals surface area contributed by atoms with Crippen LogP contribution in [0.3, 0.4) is 0 Å². The first-order chi connectivity index (χ1) is 13.6. The Labute approximate surface area is 161 Å². The molecular formula is C19H20FN7O. The molecule has 1 fully saturated rings. The summed E-state index contributed by atoms with van der Waals surface area (Å²) in [6.45, 7) is 4.12. The van der Waals surface area contributed by atoms with E-state index in [-0.39, 0.29) is 11.7 Å². The number of nitrogens with zero attached hydrogens (tertiary/aromatic N) is 6. The highest BCUT2D eigenvalue weighted by Gasteiger charge is 2.23. The largest absolute Gasteiger partial charge is 0.353 e. The number of benzene rings is 1. The molecule has 0 aliphatic carbocycles. The van der Waals surface area contributed by atoms with Gasteiger partial charge < -0.3 is 15.1 Å². The van der Waals surface area contributed by atoms with Crippen molar-refractivity contribution in [2.45, 2.75) is 6.92 Å². The molecule has 0 unspecified atom stereocenters. The van der Waals surface area contributed by atoms with Crippen molar-refractivity contribution in [3.8, 4) is 5.82 Å². The molecule has 4 rings (SSSR count). The highest BCUT2D eigenvalue weighted by molar-refractivity contribution is 5.89. The van der Waals surface area contributed by atoms with Gasteiger partial charge in [0.15, 0.2) is 5.82 Å². The van der Waals surface area contributed by atoms with Gasteiger partial charge in [0, 0.05) is 44.6 Å². The lowest BCUT2D eigenvalue weighted by molar-refractivity contribution is 0.208. The molecule has 3 heterocycles. The monoisotopic (exact) mass is 381 g/mol. The zero-order valence-corrected chi connectivity index (χ0v) is 15.4. The van der Waals surface area contributed by atoms with Crippen molar-refractivity contribution < 1.29 is 9.18 Å². The van der Waals surface area contributed by atoms with Crippen LogP contribution in [-0.2, 0) is 0 Å². The normalized spacial score (nSPS) is 14.2. The zero-order valence-electron chi connectivity index (χ0n) is 15.4. The van der Waals surface area contributed by atoms with Crippen LogP contribution >= 0.6 is 0 Å². The van der Waals surface area contributed by atoms with E-state index in [0.29, 0.717) is 37.8 Å². The number of carbonyl (C=O) groups is 1. The maximum atomic E-state index is 13.7. The molecule has 0 saturated carbocycles. The number of aromatic nitrogens is 4. The van der Waals surface area contributed by atoms with E-state index in [1.165, 1.54) is 6.07 Å². The predicted octanol–water partition coefficient (Wildman–Crippen LogP) is 2.46. The van der Waals surface area contributed by atoms with Crippen molar-refractivity contribution in [3.63, 3.8) is 0 Å². The Hall–Kier alpha value is -3.49. The average Bonchev–Trinajstić information content (AvgIpc) is 3.24. The summed E-state index contributed by atoms with van der Waals surface area (Å²) in [5, 5.41) is 6.84. The highest BCUT2D eigenvalue weighted by atomic mass is 19.1. The van der Waals surface area contributed by atoms with Crippen molar-refractivity contribution in [2.24, 2.45) is 0 Å². The first kappa shape index (κ1) is 17.9. The van der Waals surface area contributed by atoms with Crippen molar-refractivity contribution in [1.29, 1.82) is 0 Å². The van der Waals surface area contributed by atoms with Gasteiger partial charge >= 0.3 is 6.03 Å². The quantitative estimate of drug-likeness (QED) is 0.754. The first-order valence-corrected chi connectivity index (χ1v) is 9.01. The molecule has 1 N–H and O–H groups in total. The molecule has 0 radical (unpaired) electrons. The number of urea groups is 1. The molecule has 144 valence electrons. The van der Waals surface area contributed by atoms with Gasteiger partial charge in [0.1, 0.15) is 17.5 Å². The lowest BCUT2D eigenvalue weighted by atomic mass is 10.3. The minimum Gasteiger partial charge on any atom is -0.353 e. The van der Waals surface area contributed by atoms with Crippen LogP contribution < -0.4 is 10.2 Å². The summed E-state index contributed by atoms with van der Waals surface area (Å²) in [4.78, 5) is 25.1. The van der Waals surface area contributed by atoms with Crippen molar-refractivity contribution >= 4 is 17.5 Å². The van der Waals surface area contributed by atoms with Crippen LogP contribution in [0.4, 0.5) is 20.7 Å². The lowest BCUT2D eigenvalue weighted by Crippen LogP contribution is -2.50. The molecule has 2 amide bonds. The van der Waals surface area contributed by atoms with Crippen LogP contribution in [0.1, 0.15) is 5.82 Å². The maximum absolute atomic E-state index is 13.7. The Morgan fingerprint density at radius 1 is 1.07 bits per heavy atom. The summed E-state index contributed by atoms with van der Waals surface area (Å²) < 4.78 is 15.4. The number of piperazine rings is 1. The average molecular weight is 381 g/mol. The molecule has 1 aliphatic heterocycles. The molecule has 3 aromatic rings. The predicted molar refractivity (Wildman–Crippen MR) is 103 cm³/mol. The van der Waals surface area contributed by atoms with E-state index >= 15 is 0 Å². The summed E-state index contributed by atoms with van der Waals surface area (Å²) >= 11 is 0. The van der Waals surface area contributed by atoms with Crippen LogP contribution in [0.2, 0.25) is 0 Å². The topological polar surface area (TPSA) is 79.2 Å². The summed E-state index contributed by atoms with van der Waals surface area (Å²) in [6.07, 6.45) is 3.53. The standard InChI is InChI=1S/C19H20FN7O/c1-14-22-17(13-18(23-14)27-8-4-7-21-27)25-9-11-26(12-10-25)19(28)24-16-6-3-2-5-15(16)20/h2-8,13H,9-12H2,1H3,(H,24,28). The Kier molecular flexibility index (Phi) is 4.88. The van der Waals surface area contributed by atoms with Crippen LogP contribution in [-0.4, -0.2) is 56.9 Å². The summed E-state index contributed by atoms with van der Waals surface area (Å²) in [5.41, 5.74) is 0.185. The number of anilines is 2. The van der Waals surface area contributed by atoms with Crippen LogP contribution in [0, 0.1) is 12.7 Å². The number of rotatable bonds is 3. The summed E-state index contributed by atoms with van der Waals surface area (Å²) in [7, 11) is 0. The lowest BCUT2D eigenvalue weighted by Gasteiger charge is -2.35. The van der Waals surface area contributed by atoms with E-state index in [1.807, 2.05) is 25.3 Å². The van der Waals surface area contributed by atoms with E-state index in [0.717, 1.165) is 5.82 Å². The second-order valence-electron chi connectivity index (χ2n) is 6.47. The van der Waals surface area contributed by atoms with Crippen molar-refractivity contribution in [1.82, 2.24) is 24.6 Å². The molecule has 2 aromatic heterocycles. The third-order valence-electron chi connectivity index (χ3n) is 4.56. The molecule has 9 heteroatoms. The maximum Gasteiger partial charge on any atom is 0.322 e. The number of nitrogens with one attached hydrogen (secondary N) is 1. The Bertz CT molecular complexity index is 968. The second kappa shape index (κ2) is 7.63. The summed E-state index contributed by atoms with van der Waals surface area (Å²) in [6, 6.07) is 9.56. The minimum absolute atomic E-state index is 0.185. The van der Waals surface area contributed by atoms with Gasteiger partial charge in [-0.15, -0.1) is 0 Å². The Morgan fingerprint density at radius 3 is 2.54 bits per heavy atom. The molecule has 1 aromatic carbocycles. The molecule has 1 saturated heterocycles. The third kappa shape index (κ3) is 3.78.